The van der Waals surface area contributed by atoms with Crippen molar-refractivity contribution in [1.82, 2.24) is 14.7 Å². The molecule has 0 atom stereocenters. The van der Waals surface area contributed by atoms with Crippen molar-refractivity contribution >= 4 is 28.8 Å². The Hall–Kier alpha value is -2.79. The maximum Gasteiger partial charge on any atom is 0.270 e. The summed E-state index contributed by atoms with van der Waals surface area (Å²) in [6.45, 7) is 4.47. The average Bonchev–Trinajstić information content (AvgIpc) is 3.10. The van der Waals surface area contributed by atoms with Gasteiger partial charge in [-0.2, -0.15) is 0 Å². The summed E-state index contributed by atoms with van der Waals surface area (Å²) in [6.07, 6.45) is 7.98. The second kappa shape index (κ2) is 8.07. The van der Waals surface area contributed by atoms with E-state index in [2.05, 4.69) is 51.6 Å². The van der Waals surface area contributed by atoms with Gasteiger partial charge in [0.2, 0.25) is 0 Å². The van der Waals surface area contributed by atoms with E-state index in [0.717, 1.165) is 30.8 Å². The van der Waals surface area contributed by atoms with Crippen molar-refractivity contribution in [3.63, 3.8) is 0 Å². The molecule has 144 valence electrons. The van der Waals surface area contributed by atoms with E-state index in [9.17, 15) is 4.79 Å². The zero-order valence-corrected chi connectivity index (χ0v) is 16.6. The number of carbonyl (C=O) groups is 1. The molecule has 0 fully saturated rings. The molecule has 0 radical (unpaired) electrons. The van der Waals surface area contributed by atoms with Gasteiger partial charge in [0.1, 0.15) is 11.3 Å². The number of aryl methyl sites for hydroxylation is 1. The number of anilines is 1. The van der Waals surface area contributed by atoms with E-state index >= 15 is 0 Å². The lowest BCUT2D eigenvalue weighted by Gasteiger charge is -2.25. The summed E-state index contributed by atoms with van der Waals surface area (Å²) in [4.78, 5) is 19.7. The quantitative estimate of drug-likeness (QED) is 0.658. The molecular formula is C22H23ClN4O. The van der Waals surface area contributed by atoms with Gasteiger partial charge in [0.05, 0.1) is 5.69 Å². The molecule has 1 amide bonds. The lowest BCUT2D eigenvalue weighted by molar-refractivity contribution is 0.0944. The van der Waals surface area contributed by atoms with Crippen molar-refractivity contribution in [2.75, 3.05) is 18.0 Å². The number of aromatic nitrogens is 2. The van der Waals surface area contributed by atoms with Crippen LogP contribution in [0.15, 0.2) is 54.7 Å². The van der Waals surface area contributed by atoms with E-state index in [1.165, 1.54) is 5.69 Å². The smallest absolute Gasteiger partial charge is 0.270 e. The summed E-state index contributed by atoms with van der Waals surface area (Å²) in [5, 5.41) is 3.63. The van der Waals surface area contributed by atoms with Crippen LogP contribution in [0.4, 0.5) is 5.69 Å². The lowest BCUT2D eigenvalue weighted by atomic mass is 10.1. The number of benzene rings is 1. The zero-order valence-electron chi connectivity index (χ0n) is 15.9. The molecule has 1 aliphatic heterocycles. The molecule has 0 spiro atoms. The van der Waals surface area contributed by atoms with Crippen LogP contribution in [0.25, 0.3) is 5.65 Å². The van der Waals surface area contributed by atoms with Crippen LogP contribution in [0.2, 0.25) is 5.02 Å². The predicted octanol–water partition coefficient (Wildman–Crippen LogP) is 4.25. The van der Waals surface area contributed by atoms with E-state index in [-0.39, 0.29) is 5.91 Å². The Bertz CT molecular complexity index is 1020. The predicted molar refractivity (Wildman–Crippen MR) is 113 cm³/mol. The average molecular weight is 395 g/mol. The van der Waals surface area contributed by atoms with Crippen LogP contribution in [-0.4, -0.2) is 28.4 Å². The number of nitrogens with zero attached hydrogens (tertiary/aromatic N) is 3. The third kappa shape index (κ3) is 3.76. The highest BCUT2D eigenvalue weighted by Gasteiger charge is 2.18. The fourth-order valence-electron chi connectivity index (χ4n) is 3.52. The van der Waals surface area contributed by atoms with E-state index in [0.29, 0.717) is 29.3 Å². The van der Waals surface area contributed by atoms with Gasteiger partial charge in [0.15, 0.2) is 0 Å². The molecule has 6 heteroatoms. The second-order valence-electron chi connectivity index (χ2n) is 6.89. The summed E-state index contributed by atoms with van der Waals surface area (Å²) in [7, 11) is 0. The molecule has 1 N–H and O–H groups in total. The minimum atomic E-state index is -0.128. The molecule has 3 heterocycles. The van der Waals surface area contributed by atoms with Crippen molar-refractivity contribution in [1.29, 1.82) is 0 Å². The number of imidazole rings is 1. The van der Waals surface area contributed by atoms with Gasteiger partial charge in [0.25, 0.3) is 5.91 Å². The highest BCUT2D eigenvalue weighted by atomic mass is 35.5. The van der Waals surface area contributed by atoms with Crippen LogP contribution in [0, 0.1) is 0 Å². The number of amides is 1. The Morgan fingerprint density at radius 1 is 1.21 bits per heavy atom. The van der Waals surface area contributed by atoms with Crippen LogP contribution >= 0.6 is 11.6 Å². The first-order valence-electron chi connectivity index (χ1n) is 9.59. The summed E-state index contributed by atoms with van der Waals surface area (Å²) in [5.41, 5.74) is 4.32. The Kier molecular flexibility index (Phi) is 5.35. The molecule has 3 aromatic rings. The number of hydrogen-bond acceptors (Lipinski definition) is 3. The van der Waals surface area contributed by atoms with Crippen LogP contribution < -0.4 is 10.2 Å². The molecule has 1 aromatic carbocycles. The normalized spacial score (nSPS) is 13.9. The molecule has 1 aliphatic rings. The number of rotatable bonds is 5. The lowest BCUT2D eigenvalue weighted by Crippen LogP contribution is -2.27. The van der Waals surface area contributed by atoms with Crippen molar-refractivity contribution in [3.8, 4) is 0 Å². The third-order valence-electron chi connectivity index (χ3n) is 5.02. The highest BCUT2D eigenvalue weighted by Crippen LogP contribution is 2.19. The maximum atomic E-state index is 12.9. The highest BCUT2D eigenvalue weighted by molar-refractivity contribution is 6.30. The van der Waals surface area contributed by atoms with Crippen LogP contribution in [0.5, 0.6) is 0 Å². The third-order valence-corrected chi connectivity index (χ3v) is 5.26. The topological polar surface area (TPSA) is 49.6 Å². The molecule has 0 aliphatic carbocycles. The van der Waals surface area contributed by atoms with Crippen LogP contribution in [0.1, 0.15) is 35.1 Å². The molecule has 0 unspecified atom stereocenters. The van der Waals surface area contributed by atoms with Gasteiger partial charge in [-0.25, -0.2) is 4.98 Å². The van der Waals surface area contributed by atoms with E-state index in [1.54, 1.807) is 22.7 Å². The van der Waals surface area contributed by atoms with E-state index < -0.39 is 0 Å². The molecule has 5 nitrogen and oxygen atoms in total. The van der Waals surface area contributed by atoms with Crippen LogP contribution in [0.3, 0.4) is 0 Å². The zero-order chi connectivity index (χ0) is 19.5. The van der Waals surface area contributed by atoms with Crippen molar-refractivity contribution in [2.24, 2.45) is 0 Å². The van der Waals surface area contributed by atoms with Crippen molar-refractivity contribution in [3.05, 3.63) is 76.7 Å². The number of nitrogens with one attached hydrogen (secondary N) is 1. The Morgan fingerprint density at radius 2 is 2.04 bits per heavy atom. The standard InChI is InChI=1S/C22H23ClN4O/c1-2-19-21(27-13-10-17(23)14-20(27)25-19)22(28)24-15-16-6-8-18(9-7-16)26-11-4-3-5-12-26/h3-4,6-10,13-14H,2,5,11-12,15H2,1H3,(H,24,28). The molecular weight excluding hydrogens is 372 g/mol. The molecule has 2 aromatic heterocycles. The summed E-state index contributed by atoms with van der Waals surface area (Å²) in [5.74, 6) is -0.128. The fraction of sp³-hybridized carbons (Fsp3) is 0.273. The maximum absolute atomic E-state index is 12.9. The van der Waals surface area contributed by atoms with E-state index in [1.807, 2.05) is 6.92 Å². The first kappa shape index (κ1) is 18.6. The Balaban J connectivity index is 1.47. The van der Waals surface area contributed by atoms with Gasteiger partial charge in [-0.05, 0) is 36.6 Å². The van der Waals surface area contributed by atoms with E-state index in [4.69, 9.17) is 11.6 Å². The largest absolute Gasteiger partial charge is 0.368 e. The van der Waals surface area contributed by atoms with Crippen molar-refractivity contribution in [2.45, 2.75) is 26.3 Å². The summed E-state index contributed by atoms with van der Waals surface area (Å²) >= 11 is 6.05. The first-order valence-corrected chi connectivity index (χ1v) is 9.97. The summed E-state index contributed by atoms with van der Waals surface area (Å²) < 4.78 is 1.80. The van der Waals surface area contributed by atoms with Gasteiger partial charge >= 0.3 is 0 Å². The Morgan fingerprint density at radius 3 is 2.75 bits per heavy atom. The monoisotopic (exact) mass is 394 g/mol. The number of carbonyl (C=O) groups excluding carboxylic acids is 1. The fourth-order valence-corrected chi connectivity index (χ4v) is 3.68. The molecule has 0 bridgehead atoms. The number of halogens is 1. The van der Waals surface area contributed by atoms with Gasteiger partial charge in [0, 0.05) is 42.6 Å². The molecule has 4 rings (SSSR count). The van der Waals surface area contributed by atoms with Crippen LogP contribution in [-0.2, 0) is 13.0 Å². The molecule has 0 saturated carbocycles. The Labute approximate surface area is 169 Å². The van der Waals surface area contributed by atoms with Gasteiger partial charge in [-0.1, -0.05) is 42.8 Å². The van der Waals surface area contributed by atoms with Gasteiger partial charge in [-0.15, -0.1) is 0 Å². The molecule has 0 saturated heterocycles. The number of fused-ring (bicyclic) bond motifs is 1. The number of hydrogen-bond donors (Lipinski definition) is 1. The second-order valence-corrected chi connectivity index (χ2v) is 7.33. The molecule has 28 heavy (non-hydrogen) atoms. The number of pyridine rings is 1. The first-order chi connectivity index (χ1) is 13.7. The SMILES string of the molecule is CCc1nc2cc(Cl)ccn2c1C(=O)NCc1ccc(N2CC=CCC2)cc1. The van der Waals surface area contributed by atoms with Crippen molar-refractivity contribution < 1.29 is 4.79 Å². The minimum absolute atomic E-state index is 0.128. The summed E-state index contributed by atoms with van der Waals surface area (Å²) in [6, 6.07) is 11.9. The minimum Gasteiger partial charge on any atom is -0.368 e. The van der Waals surface area contributed by atoms with Gasteiger partial charge < -0.3 is 10.2 Å². The van der Waals surface area contributed by atoms with Gasteiger partial charge in [-0.3, -0.25) is 9.20 Å².